The molecular weight excluding hydrogens is 321 g/mol. The predicted octanol–water partition coefficient (Wildman–Crippen LogP) is 4.22. The van der Waals surface area contributed by atoms with Crippen molar-refractivity contribution in [3.8, 4) is 0 Å². The molecule has 108 valence electrons. The van der Waals surface area contributed by atoms with Crippen LogP contribution in [0.5, 0.6) is 0 Å². The van der Waals surface area contributed by atoms with E-state index in [4.69, 9.17) is 0 Å². The van der Waals surface area contributed by atoms with E-state index in [0.29, 0.717) is 16.7 Å². The van der Waals surface area contributed by atoms with Gasteiger partial charge in [0, 0.05) is 23.2 Å². The zero-order valence-corrected chi connectivity index (χ0v) is 12.6. The van der Waals surface area contributed by atoms with Crippen LogP contribution >= 0.6 is 15.9 Å². The SMILES string of the molecule is CCN(CC)CCNc1cc(Br)cc(C(F)(F)F)c1. The molecule has 0 atom stereocenters. The second kappa shape index (κ2) is 7.14. The number of nitrogens with zero attached hydrogens (tertiary/aromatic N) is 1. The second-order valence-electron chi connectivity index (χ2n) is 4.18. The highest BCUT2D eigenvalue weighted by atomic mass is 79.9. The summed E-state index contributed by atoms with van der Waals surface area (Å²) < 4.78 is 38.4. The quantitative estimate of drug-likeness (QED) is 0.835. The minimum atomic E-state index is -4.32. The van der Waals surface area contributed by atoms with Gasteiger partial charge in [-0.05, 0) is 31.3 Å². The van der Waals surface area contributed by atoms with Crippen molar-refractivity contribution in [2.75, 3.05) is 31.5 Å². The van der Waals surface area contributed by atoms with Gasteiger partial charge in [0.25, 0.3) is 0 Å². The van der Waals surface area contributed by atoms with Crippen LogP contribution in [-0.2, 0) is 6.18 Å². The summed E-state index contributed by atoms with van der Waals surface area (Å²) >= 11 is 3.10. The highest BCUT2D eigenvalue weighted by molar-refractivity contribution is 9.10. The van der Waals surface area contributed by atoms with E-state index in [9.17, 15) is 13.2 Å². The average molecular weight is 339 g/mol. The molecule has 0 aliphatic rings. The number of benzene rings is 1. The number of rotatable bonds is 6. The van der Waals surface area contributed by atoms with Crippen LogP contribution in [0.3, 0.4) is 0 Å². The molecule has 1 rings (SSSR count). The lowest BCUT2D eigenvalue weighted by molar-refractivity contribution is -0.137. The highest BCUT2D eigenvalue weighted by Gasteiger charge is 2.31. The summed E-state index contributed by atoms with van der Waals surface area (Å²) in [7, 11) is 0. The Morgan fingerprint density at radius 1 is 1.16 bits per heavy atom. The molecule has 1 N–H and O–H groups in total. The normalized spacial score (nSPS) is 11.9. The van der Waals surface area contributed by atoms with Crippen molar-refractivity contribution >= 4 is 21.6 Å². The van der Waals surface area contributed by atoms with Crippen LogP contribution in [0, 0.1) is 0 Å². The van der Waals surface area contributed by atoms with Crippen LogP contribution in [0.1, 0.15) is 19.4 Å². The maximum absolute atomic E-state index is 12.7. The van der Waals surface area contributed by atoms with Gasteiger partial charge in [0.2, 0.25) is 0 Å². The zero-order chi connectivity index (χ0) is 14.5. The Bertz CT molecular complexity index is 403. The first-order valence-corrected chi connectivity index (χ1v) is 7.00. The third-order valence-corrected chi connectivity index (χ3v) is 3.33. The number of hydrogen-bond donors (Lipinski definition) is 1. The first-order valence-electron chi connectivity index (χ1n) is 6.20. The Morgan fingerprint density at radius 3 is 2.32 bits per heavy atom. The van der Waals surface area contributed by atoms with Crippen LogP contribution in [-0.4, -0.2) is 31.1 Å². The molecule has 0 spiro atoms. The number of likely N-dealkylation sites (N-methyl/N-ethyl adjacent to an activating group) is 1. The van der Waals surface area contributed by atoms with E-state index in [2.05, 4.69) is 40.0 Å². The minimum absolute atomic E-state index is 0.424. The van der Waals surface area contributed by atoms with Crippen molar-refractivity contribution in [1.82, 2.24) is 4.90 Å². The topological polar surface area (TPSA) is 15.3 Å². The second-order valence-corrected chi connectivity index (χ2v) is 5.10. The van der Waals surface area contributed by atoms with Crippen LogP contribution in [0.15, 0.2) is 22.7 Å². The van der Waals surface area contributed by atoms with Gasteiger partial charge in [-0.3, -0.25) is 0 Å². The molecule has 1 aromatic carbocycles. The number of anilines is 1. The fraction of sp³-hybridized carbons (Fsp3) is 0.538. The lowest BCUT2D eigenvalue weighted by atomic mass is 10.2. The molecule has 0 radical (unpaired) electrons. The van der Waals surface area contributed by atoms with E-state index in [-0.39, 0.29) is 0 Å². The molecule has 6 heteroatoms. The van der Waals surface area contributed by atoms with E-state index in [1.807, 2.05) is 0 Å². The molecule has 0 aliphatic carbocycles. The summed E-state index contributed by atoms with van der Waals surface area (Å²) in [6, 6.07) is 3.86. The lowest BCUT2D eigenvalue weighted by Gasteiger charge is -2.19. The lowest BCUT2D eigenvalue weighted by Crippen LogP contribution is -2.28. The summed E-state index contributed by atoms with van der Waals surface area (Å²) in [6.45, 7) is 7.42. The van der Waals surface area contributed by atoms with Crippen molar-refractivity contribution < 1.29 is 13.2 Å². The Morgan fingerprint density at radius 2 is 1.79 bits per heavy atom. The van der Waals surface area contributed by atoms with Crippen LogP contribution in [0.25, 0.3) is 0 Å². The third kappa shape index (κ3) is 5.40. The van der Waals surface area contributed by atoms with Gasteiger partial charge in [0.15, 0.2) is 0 Å². The molecule has 19 heavy (non-hydrogen) atoms. The fourth-order valence-electron chi connectivity index (χ4n) is 1.75. The molecule has 0 fully saturated rings. The van der Waals surface area contributed by atoms with E-state index in [1.165, 1.54) is 0 Å². The third-order valence-electron chi connectivity index (χ3n) is 2.88. The molecule has 0 heterocycles. The minimum Gasteiger partial charge on any atom is -0.384 e. The Kier molecular flexibility index (Phi) is 6.13. The van der Waals surface area contributed by atoms with Gasteiger partial charge >= 0.3 is 6.18 Å². The molecule has 0 saturated carbocycles. The van der Waals surface area contributed by atoms with Gasteiger partial charge in [0.05, 0.1) is 5.56 Å². The summed E-state index contributed by atoms with van der Waals surface area (Å²) in [6.07, 6.45) is -4.32. The van der Waals surface area contributed by atoms with Crippen molar-refractivity contribution in [2.45, 2.75) is 20.0 Å². The molecule has 0 unspecified atom stereocenters. The fourth-order valence-corrected chi connectivity index (χ4v) is 2.25. The van der Waals surface area contributed by atoms with E-state index in [1.54, 1.807) is 6.07 Å². The van der Waals surface area contributed by atoms with Gasteiger partial charge in [-0.2, -0.15) is 13.2 Å². The molecule has 0 amide bonds. The van der Waals surface area contributed by atoms with Crippen molar-refractivity contribution in [3.05, 3.63) is 28.2 Å². The summed E-state index contributed by atoms with van der Waals surface area (Å²) in [4.78, 5) is 2.20. The predicted molar refractivity (Wildman–Crippen MR) is 75.4 cm³/mol. The smallest absolute Gasteiger partial charge is 0.384 e. The molecule has 2 nitrogen and oxygen atoms in total. The molecular formula is C13H18BrF3N2. The van der Waals surface area contributed by atoms with Gasteiger partial charge in [-0.15, -0.1) is 0 Å². The van der Waals surface area contributed by atoms with E-state index < -0.39 is 11.7 Å². The number of alkyl halides is 3. The van der Waals surface area contributed by atoms with Crippen LogP contribution < -0.4 is 5.32 Å². The van der Waals surface area contributed by atoms with Crippen molar-refractivity contribution in [1.29, 1.82) is 0 Å². The molecule has 0 aliphatic heterocycles. The Hall–Kier alpha value is -0.750. The van der Waals surface area contributed by atoms with E-state index >= 15 is 0 Å². The largest absolute Gasteiger partial charge is 0.416 e. The monoisotopic (exact) mass is 338 g/mol. The van der Waals surface area contributed by atoms with E-state index in [0.717, 1.165) is 31.8 Å². The standard InChI is InChI=1S/C13H18BrF3N2/c1-3-19(4-2)6-5-18-12-8-10(13(15,16)17)7-11(14)9-12/h7-9,18H,3-6H2,1-2H3. The first-order chi connectivity index (χ1) is 8.86. The van der Waals surface area contributed by atoms with Crippen LogP contribution in [0.4, 0.5) is 18.9 Å². The Labute approximate surface area is 120 Å². The summed E-state index contributed by atoms with van der Waals surface area (Å²) in [5, 5.41) is 3.03. The zero-order valence-electron chi connectivity index (χ0n) is 11.0. The average Bonchev–Trinajstić information content (AvgIpc) is 2.33. The maximum Gasteiger partial charge on any atom is 0.416 e. The molecule has 0 bridgehead atoms. The van der Waals surface area contributed by atoms with Crippen molar-refractivity contribution in [2.24, 2.45) is 0 Å². The molecule has 1 aromatic rings. The van der Waals surface area contributed by atoms with Crippen LogP contribution in [0.2, 0.25) is 0 Å². The maximum atomic E-state index is 12.7. The summed E-state index contributed by atoms with van der Waals surface area (Å²) in [5.41, 5.74) is -0.166. The van der Waals surface area contributed by atoms with Gasteiger partial charge in [-0.1, -0.05) is 29.8 Å². The van der Waals surface area contributed by atoms with Gasteiger partial charge < -0.3 is 10.2 Å². The molecule has 0 aromatic heterocycles. The van der Waals surface area contributed by atoms with Crippen molar-refractivity contribution in [3.63, 3.8) is 0 Å². The Balaban J connectivity index is 2.66. The molecule has 0 saturated heterocycles. The highest BCUT2D eigenvalue weighted by Crippen LogP contribution is 2.33. The van der Waals surface area contributed by atoms with Gasteiger partial charge in [0.1, 0.15) is 0 Å². The number of halogens is 4. The number of nitrogens with one attached hydrogen (secondary N) is 1. The van der Waals surface area contributed by atoms with Gasteiger partial charge in [-0.25, -0.2) is 0 Å². The number of hydrogen-bond acceptors (Lipinski definition) is 2. The summed E-state index contributed by atoms with van der Waals surface area (Å²) in [5.74, 6) is 0. The first kappa shape index (κ1) is 16.3.